The molecule has 90 valence electrons. The maximum atomic E-state index is 8.64. The third kappa shape index (κ3) is 4.11. The number of aliphatic hydroxyl groups excluding tert-OH is 1. The molecular formula is C13H22N2O. The summed E-state index contributed by atoms with van der Waals surface area (Å²) in [6.45, 7) is 3.31. The van der Waals surface area contributed by atoms with Crippen molar-refractivity contribution in [2.75, 3.05) is 24.2 Å². The highest BCUT2D eigenvalue weighted by molar-refractivity contribution is 5.69. The first-order valence-corrected chi connectivity index (χ1v) is 5.95. The maximum Gasteiger partial charge on any atom is 0.0603 e. The zero-order valence-electron chi connectivity index (χ0n) is 10.00. The van der Waals surface area contributed by atoms with Crippen LogP contribution in [0.15, 0.2) is 18.2 Å². The maximum absolute atomic E-state index is 8.64. The van der Waals surface area contributed by atoms with Crippen LogP contribution in [0.2, 0.25) is 0 Å². The normalized spacial score (nSPS) is 10.4. The quantitative estimate of drug-likeness (QED) is 0.491. The van der Waals surface area contributed by atoms with Gasteiger partial charge in [-0.2, -0.15) is 0 Å². The van der Waals surface area contributed by atoms with Crippen molar-refractivity contribution in [3.8, 4) is 0 Å². The molecule has 0 saturated carbocycles. The predicted octanol–water partition coefficient (Wildman–Crippen LogP) is 2.54. The van der Waals surface area contributed by atoms with Crippen LogP contribution in [0.5, 0.6) is 0 Å². The Balaban J connectivity index is 2.26. The van der Waals surface area contributed by atoms with Crippen molar-refractivity contribution in [3.05, 3.63) is 23.8 Å². The highest BCUT2D eigenvalue weighted by Crippen LogP contribution is 2.22. The lowest BCUT2D eigenvalue weighted by atomic mass is 10.1. The summed E-state index contributed by atoms with van der Waals surface area (Å²) >= 11 is 0. The number of anilines is 2. The molecule has 1 aromatic rings. The monoisotopic (exact) mass is 222 g/mol. The molecule has 0 atom stereocenters. The molecule has 4 N–H and O–H groups in total. The lowest BCUT2D eigenvalue weighted by Gasteiger charge is -2.11. The van der Waals surface area contributed by atoms with Crippen LogP contribution in [0.4, 0.5) is 11.4 Å². The van der Waals surface area contributed by atoms with Crippen LogP contribution >= 0.6 is 0 Å². The lowest BCUT2D eigenvalue weighted by Crippen LogP contribution is -2.05. The number of aliphatic hydroxyl groups is 1. The van der Waals surface area contributed by atoms with Crippen LogP contribution in [0, 0.1) is 6.92 Å². The van der Waals surface area contributed by atoms with Gasteiger partial charge in [-0.05, 0) is 31.4 Å². The summed E-state index contributed by atoms with van der Waals surface area (Å²) in [6, 6.07) is 5.95. The van der Waals surface area contributed by atoms with Gasteiger partial charge in [0.15, 0.2) is 0 Å². The van der Waals surface area contributed by atoms with Gasteiger partial charge in [-0.3, -0.25) is 0 Å². The largest absolute Gasteiger partial charge is 0.397 e. The smallest absolute Gasteiger partial charge is 0.0603 e. The second-order valence-corrected chi connectivity index (χ2v) is 4.10. The minimum atomic E-state index is 0.304. The summed E-state index contributed by atoms with van der Waals surface area (Å²) in [6.07, 6.45) is 4.28. The van der Waals surface area contributed by atoms with Crippen LogP contribution in [-0.2, 0) is 0 Å². The Morgan fingerprint density at radius 2 is 1.94 bits per heavy atom. The third-order valence-corrected chi connectivity index (χ3v) is 2.69. The molecule has 0 fully saturated rings. The number of rotatable bonds is 7. The van der Waals surface area contributed by atoms with Gasteiger partial charge in [-0.15, -0.1) is 0 Å². The average molecular weight is 222 g/mol. The van der Waals surface area contributed by atoms with E-state index in [9.17, 15) is 0 Å². The van der Waals surface area contributed by atoms with E-state index in [0.717, 1.165) is 43.6 Å². The molecule has 1 rings (SSSR count). The molecule has 0 aliphatic heterocycles. The highest BCUT2D eigenvalue weighted by Gasteiger charge is 2.00. The van der Waals surface area contributed by atoms with Crippen LogP contribution in [0.3, 0.4) is 0 Å². The molecule has 0 aliphatic rings. The average Bonchev–Trinajstić information content (AvgIpc) is 2.26. The van der Waals surface area contributed by atoms with Crippen molar-refractivity contribution >= 4 is 11.4 Å². The van der Waals surface area contributed by atoms with Gasteiger partial charge in [0.2, 0.25) is 0 Å². The fourth-order valence-corrected chi connectivity index (χ4v) is 1.74. The fraction of sp³-hybridized carbons (Fsp3) is 0.538. The van der Waals surface area contributed by atoms with Crippen molar-refractivity contribution in [2.45, 2.75) is 32.6 Å². The van der Waals surface area contributed by atoms with E-state index in [1.807, 2.05) is 12.1 Å². The number of nitrogen functional groups attached to an aromatic ring is 1. The van der Waals surface area contributed by atoms with E-state index in [2.05, 4.69) is 18.3 Å². The standard InChI is InChI=1S/C13H22N2O/c1-11-7-6-8-12(14)13(11)15-9-4-2-3-5-10-16/h6-8,15-16H,2-5,9-10,14H2,1H3. The minimum Gasteiger partial charge on any atom is -0.397 e. The molecule has 0 aliphatic carbocycles. The molecule has 0 aromatic heterocycles. The van der Waals surface area contributed by atoms with E-state index in [-0.39, 0.29) is 0 Å². The van der Waals surface area contributed by atoms with Gasteiger partial charge in [0.25, 0.3) is 0 Å². The number of unbranched alkanes of at least 4 members (excludes halogenated alkanes) is 3. The van der Waals surface area contributed by atoms with E-state index in [0.29, 0.717) is 6.61 Å². The Hall–Kier alpha value is -1.22. The van der Waals surface area contributed by atoms with Gasteiger partial charge in [-0.1, -0.05) is 25.0 Å². The Morgan fingerprint density at radius 3 is 2.62 bits per heavy atom. The molecule has 16 heavy (non-hydrogen) atoms. The summed E-state index contributed by atoms with van der Waals surface area (Å²) in [5.41, 5.74) is 8.95. The van der Waals surface area contributed by atoms with E-state index in [4.69, 9.17) is 10.8 Å². The number of aryl methyl sites for hydroxylation is 1. The Kier molecular flexibility index (Phi) is 5.72. The highest BCUT2D eigenvalue weighted by atomic mass is 16.2. The van der Waals surface area contributed by atoms with Crippen LogP contribution in [0.25, 0.3) is 0 Å². The summed E-state index contributed by atoms with van der Waals surface area (Å²) in [7, 11) is 0. The Labute approximate surface area is 97.7 Å². The zero-order chi connectivity index (χ0) is 11.8. The molecule has 0 radical (unpaired) electrons. The zero-order valence-corrected chi connectivity index (χ0v) is 10.00. The van der Waals surface area contributed by atoms with Crippen LogP contribution < -0.4 is 11.1 Å². The number of hydrogen-bond donors (Lipinski definition) is 3. The van der Waals surface area contributed by atoms with Gasteiger partial charge < -0.3 is 16.2 Å². The Morgan fingerprint density at radius 1 is 1.19 bits per heavy atom. The van der Waals surface area contributed by atoms with Crippen molar-refractivity contribution in [3.63, 3.8) is 0 Å². The fourth-order valence-electron chi connectivity index (χ4n) is 1.74. The van der Waals surface area contributed by atoms with E-state index < -0.39 is 0 Å². The molecule has 0 saturated heterocycles. The predicted molar refractivity (Wildman–Crippen MR) is 69.6 cm³/mol. The van der Waals surface area contributed by atoms with E-state index in [1.165, 1.54) is 5.56 Å². The molecule has 0 spiro atoms. The molecule has 0 unspecified atom stereocenters. The molecule has 0 heterocycles. The lowest BCUT2D eigenvalue weighted by molar-refractivity contribution is 0.283. The van der Waals surface area contributed by atoms with Gasteiger partial charge in [0.1, 0.15) is 0 Å². The molecule has 0 bridgehead atoms. The molecular weight excluding hydrogens is 200 g/mol. The molecule has 3 nitrogen and oxygen atoms in total. The number of hydrogen-bond acceptors (Lipinski definition) is 3. The first-order valence-electron chi connectivity index (χ1n) is 5.95. The number of nitrogens with one attached hydrogen (secondary N) is 1. The van der Waals surface area contributed by atoms with Crippen molar-refractivity contribution < 1.29 is 5.11 Å². The van der Waals surface area contributed by atoms with Crippen molar-refractivity contribution in [1.82, 2.24) is 0 Å². The Bertz CT molecular complexity index is 293. The minimum absolute atomic E-state index is 0.304. The van der Waals surface area contributed by atoms with E-state index in [1.54, 1.807) is 0 Å². The van der Waals surface area contributed by atoms with Gasteiger partial charge in [0, 0.05) is 13.2 Å². The van der Waals surface area contributed by atoms with Crippen molar-refractivity contribution in [1.29, 1.82) is 0 Å². The first kappa shape index (κ1) is 12.8. The van der Waals surface area contributed by atoms with Crippen LogP contribution in [-0.4, -0.2) is 18.3 Å². The molecule has 0 amide bonds. The van der Waals surface area contributed by atoms with E-state index >= 15 is 0 Å². The topological polar surface area (TPSA) is 58.3 Å². The molecule has 1 aromatic carbocycles. The summed E-state index contributed by atoms with van der Waals surface area (Å²) in [4.78, 5) is 0. The second-order valence-electron chi connectivity index (χ2n) is 4.10. The first-order chi connectivity index (χ1) is 7.75. The molecule has 3 heteroatoms. The van der Waals surface area contributed by atoms with Gasteiger partial charge >= 0.3 is 0 Å². The third-order valence-electron chi connectivity index (χ3n) is 2.69. The second kappa shape index (κ2) is 7.12. The summed E-state index contributed by atoms with van der Waals surface area (Å²) in [5, 5.41) is 12.0. The SMILES string of the molecule is Cc1cccc(N)c1NCCCCCCO. The number of nitrogens with two attached hydrogens (primary N) is 1. The summed E-state index contributed by atoms with van der Waals surface area (Å²) in [5.74, 6) is 0. The van der Waals surface area contributed by atoms with Gasteiger partial charge in [0.05, 0.1) is 11.4 Å². The summed E-state index contributed by atoms with van der Waals surface area (Å²) < 4.78 is 0. The van der Waals surface area contributed by atoms with Crippen molar-refractivity contribution in [2.24, 2.45) is 0 Å². The number of benzene rings is 1. The van der Waals surface area contributed by atoms with Gasteiger partial charge in [-0.25, -0.2) is 0 Å². The van der Waals surface area contributed by atoms with Crippen LogP contribution in [0.1, 0.15) is 31.2 Å². The number of para-hydroxylation sites is 1.